The second-order valence-corrected chi connectivity index (χ2v) is 4.81. The SMILES string of the molecule is CCNc1ncnc(N2CCCCC2C(N)=O)c1C. The zero-order valence-corrected chi connectivity index (χ0v) is 11.5. The highest BCUT2D eigenvalue weighted by molar-refractivity contribution is 5.84. The molecule has 6 heteroatoms. The first-order chi connectivity index (χ1) is 9.15. The highest BCUT2D eigenvalue weighted by Crippen LogP contribution is 2.28. The predicted octanol–water partition coefficient (Wildman–Crippen LogP) is 1.06. The van der Waals surface area contributed by atoms with Crippen LogP contribution in [0.1, 0.15) is 31.7 Å². The molecule has 3 N–H and O–H groups in total. The molecular weight excluding hydrogens is 242 g/mol. The normalized spacial score (nSPS) is 19.3. The van der Waals surface area contributed by atoms with Gasteiger partial charge in [0.2, 0.25) is 5.91 Å². The van der Waals surface area contributed by atoms with Crippen LogP contribution >= 0.6 is 0 Å². The molecule has 1 unspecified atom stereocenters. The Hall–Kier alpha value is -1.85. The summed E-state index contributed by atoms with van der Waals surface area (Å²) in [5.74, 6) is 1.36. The summed E-state index contributed by atoms with van der Waals surface area (Å²) in [6.07, 6.45) is 4.43. The highest BCUT2D eigenvalue weighted by atomic mass is 16.1. The fraction of sp³-hybridized carbons (Fsp3) is 0.615. The number of nitrogens with two attached hydrogens (primary N) is 1. The van der Waals surface area contributed by atoms with E-state index < -0.39 is 0 Å². The Balaban J connectivity index is 2.33. The minimum Gasteiger partial charge on any atom is -0.370 e. The van der Waals surface area contributed by atoms with Gasteiger partial charge in [0, 0.05) is 18.7 Å². The van der Waals surface area contributed by atoms with E-state index in [2.05, 4.69) is 15.3 Å². The average molecular weight is 263 g/mol. The number of nitrogens with zero attached hydrogens (tertiary/aromatic N) is 3. The number of hydrogen-bond acceptors (Lipinski definition) is 5. The molecule has 19 heavy (non-hydrogen) atoms. The average Bonchev–Trinajstić information content (AvgIpc) is 2.41. The van der Waals surface area contributed by atoms with Gasteiger partial charge in [-0.2, -0.15) is 0 Å². The largest absolute Gasteiger partial charge is 0.370 e. The molecule has 6 nitrogen and oxygen atoms in total. The van der Waals surface area contributed by atoms with Gasteiger partial charge >= 0.3 is 0 Å². The van der Waals surface area contributed by atoms with Gasteiger partial charge in [0.1, 0.15) is 24.0 Å². The van der Waals surface area contributed by atoms with Gasteiger partial charge in [-0.1, -0.05) is 0 Å². The Kier molecular flexibility index (Phi) is 4.19. The molecule has 0 spiro atoms. The summed E-state index contributed by atoms with van der Waals surface area (Å²) in [4.78, 5) is 22.2. The Morgan fingerprint density at radius 2 is 2.32 bits per heavy atom. The first-order valence-electron chi connectivity index (χ1n) is 6.76. The number of piperidine rings is 1. The molecule has 1 aliphatic heterocycles. The molecule has 1 aromatic heterocycles. The van der Waals surface area contributed by atoms with Gasteiger partial charge in [0.25, 0.3) is 0 Å². The Bertz CT molecular complexity index is 462. The van der Waals surface area contributed by atoms with Crippen molar-refractivity contribution in [3.05, 3.63) is 11.9 Å². The third kappa shape index (κ3) is 2.77. The van der Waals surface area contributed by atoms with E-state index in [9.17, 15) is 4.79 Å². The zero-order chi connectivity index (χ0) is 13.8. The summed E-state index contributed by atoms with van der Waals surface area (Å²) >= 11 is 0. The lowest BCUT2D eigenvalue weighted by atomic mass is 10.0. The van der Waals surface area contributed by atoms with E-state index in [0.29, 0.717) is 0 Å². The van der Waals surface area contributed by atoms with Gasteiger partial charge in [0.05, 0.1) is 0 Å². The number of amides is 1. The van der Waals surface area contributed by atoms with Crippen molar-refractivity contribution in [3.63, 3.8) is 0 Å². The molecule has 1 aromatic rings. The molecule has 1 fully saturated rings. The van der Waals surface area contributed by atoms with Crippen molar-refractivity contribution < 1.29 is 4.79 Å². The van der Waals surface area contributed by atoms with Gasteiger partial charge < -0.3 is 16.0 Å². The molecule has 1 aliphatic rings. The number of anilines is 2. The topological polar surface area (TPSA) is 84.1 Å². The number of carbonyl (C=O) groups excluding carboxylic acids is 1. The van der Waals surface area contributed by atoms with Crippen LogP contribution in [0.4, 0.5) is 11.6 Å². The van der Waals surface area contributed by atoms with Crippen molar-refractivity contribution in [2.75, 3.05) is 23.3 Å². The van der Waals surface area contributed by atoms with E-state index in [1.165, 1.54) is 6.33 Å². The summed E-state index contributed by atoms with van der Waals surface area (Å²) in [5.41, 5.74) is 6.47. The number of aromatic nitrogens is 2. The van der Waals surface area contributed by atoms with Crippen LogP contribution in [-0.2, 0) is 4.79 Å². The van der Waals surface area contributed by atoms with E-state index in [1.54, 1.807) is 0 Å². The first-order valence-corrected chi connectivity index (χ1v) is 6.76. The van der Waals surface area contributed by atoms with Crippen LogP contribution in [0.3, 0.4) is 0 Å². The summed E-state index contributed by atoms with van der Waals surface area (Å²) in [6.45, 7) is 5.61. The van der Waals surface area contributed by atoms with Crippen molar-refractivity contribution in [2.45, 2.75) is 39.2 Å². The molecule has 0 aliphatic carbocycles. The van der Waals surface area contributed by atoms with Gasteiger partial charge in [-0.25, -0.2) is 9.97 Å². The fourth-order valence-electron chi connectivity index (χ4n) is 2.56. The molecule has 0 aromatic carbocycles. The van der Waals surface area contributed by atoms with Crippen molar-refractivity contribution in [3.8, 4) is 0 Å². The number of carbonyl (C=O) groups is 1. The minimum atomic E-state index is -0.275. The third-order valence-electron chi connectivity index (χ3n) is 3.50. The maximum absolute atomic E-state index is 11.6. The van der Waals surface area contributed by atoms with Gasteiger partial charge in [-0.05, 0) is 33.1 Å². The van der Waals surface area contributed by atoms with Crippen LogP contribution in [0, 0.1) is 6.92 Å². The van der Waals surface area contributed by atoms with E-state index in [4.69, 9.17) is 5.73 Å². The molecule has 2 heterocycles. The van der Waals surface area contributed by atoms with E-state index >= 15 is 0 Å². The lowest BCUT2D eigenvalue weighted by molar-refractivity contribution is -0.119. The maximum Gasteiger partial charge on any atom is 0.240 e. The monoisotopic (exact) mass is 263 g/mol. The lowest BCUT2D eigenvalue weighted by Gasteiger charge is -2.35. The van der Waals surface area contributed by atoms with Crippen LogP contribution in [-0.4, -0.2) is 35.0 Å². The van der Waals surface area contributed by atoms with Crippen LogP contribution in [0.2, 0.25) is 0 Å². The molecule has 1 saturated heterocycles. The quantitative estimate of drug-likeness (QED) is 0.848. The standard InChI is InChI=1S/C13H21N5O/c1-3-15-12-9(2)13(17-8-16-12)18-7-5-4-6-10(18)11(14)19/h8,10H,3-7H2,1-2H3,(H2,14,19)(H,15,16,17). The predicted molar refractivity (Wildman–Crippen MR) is 75.1 cm³/mol. The first kappa shape index (κ1) is 13.6. The van der Waals surface area contributed by atoms with Crippen molar-refractivity contribution in [1.29, 1.82) is 0 Å². The maximum atomic E-state index is 11.6. The number of primary amides is 1. The fourth-order valence-corrected chi connectivity index (χ4v) is 2.56. The summed E-state index contributed by atoms with van der Waals surface area (Å²) in [6, 6.07) is -0.253. The van der Waals surface area contributed by atoms with Gasteiger partial charge in [-0.15, -0.1) is 0 Å². The smallest absolute Gasteiger partial charge is 0.240 e. The van der Waals surface area contributed by atoms with Crippen molar-refractivity contribution >= 4 is 17.5 Å². The number of rotatable bonds is 4. The highest BCUT2D eigenvalue weighted by Gasteiger charge is 2.29. The molecular formula is C13H21N5O. The second kappa shape index (κ2) is 5.86. The van der Waals surface area contributed by atoms with Gasteiger partial charge in [0.15, 0.2) is 0 Å². The third-order valence-corrected chi connectivity index (χ3v) is 3.50. The molecule has 104 valence electrons. The van der Waals surface area contributed by atoms with Crippen LogP contribution in [0.5, 0.6) is 0 Å². The number of hydrogen-bond donors (Lipinski definition) is 2. The summed E-state index contributed by atoms with van der Waals surface area (Å²) in [7, 11) is 0. The van der Waals surface area contributed by atoms with E-state index in [1.807, 2.05) is 18.7 Å². The molecule has 0 saturated carbocycles. The zero-order valence-electron chi connectivity index (χ0n) is 11.5. The number of nitrogens with one attached hydrogen (secondary N) is 1. The van der Waals surface area contributed by atoms with Crippen LogP contribution < -0.4 is 16.0 Å². The Labute approximate surface area is 113 Å². The van der Waals surface area contributed by atoms with Crippen LogP contribution in [0.15, 0.2) is 6.33 Å². The molecule has 0 bridgehead atoms. The summed E-state index contributed by atoms with van der Waals surface area (Å²) < 4.78 is 0. The lowest BCUT2D eigenvalue weighted by Crippen LogP contribution is -2.48. The summed E-state index contributed by atoms with van der Waals surface area (Å²) in [5, 5.41) is 3.21. The van der Waals surface area contributed by atoms with Crippen molar-refractivity contribution in [2.24, 2.45) is 5.73 Å². The molecule has 1 atom stereocenters. The van der Waals surface area contributed by atoms with Gasteiger partial charge in [-0.3, -0.25) is 4.79 Å². The minimum absolute atomic E-state index is 0.253. The van der Waals surface area contributed by atoms with Crippen LogP contribution in [0.25, 0.3) is 0 Å². The molecule has 2 rings (SSSR count). The Morgan fingerprint density at radius 3 is 3.00 bits per heavy atom. The second-order valence-electron chi connectivity index (χ2n) is 4.81. The van der Waals surface area contributed by atoms with Crippen molar-refractivity contribution in [1.82, 2.24) is 9.97 Å². The molecule has 0 radical (unpaired) electrons. The van der Waals surface area contributed by atoms with E-state index in [0.717, 1.165) is 49.6 Å². The molecule has 1 amide bonds. The Morgan fingerprint density at radius 1 is 1.53 bits per heavy atom. The van der Waals surface area contributed by atoms with E-state index in [-0.39, 0.29) is 11.9 Å².